The molecule has 0 atom stereocenters. The Labute approximate surface area is 143 Å². The number of nitrogens with zero attached hydrogens (tertiary/aromatic N) is 2. The fourth-order valence-electron chi connectivity index (χ4n) is 1.80. The van der Waals surface area contributed by atoms with Crippen molar-refractivity contribution < 1.29 is 9.90 Å². The maximum absolute atomic E-state index is 12.1. The van der Waals surface area contributed by atoms with Gasteiger partial charge in [0.25, 0.3) is 5.91 Å². The highest BCUT2D eigenvalue weighted by Crippen LogP contribution is 2.26. The summed E-state index contributed by atoms with van der Waals surface area (Å²) in [4.78, 5) is 12.1. The molecule has 0 aromatic heterocycles. The molecule has 0 aliphatic carbocycles. The molecule has 2 aromatic rings. The fraction of sp³-hybridized carbons (Fsp3) is 0. The zero-order chi connectivity index (χ0) is 17.5. The van der Waals surface area contributed by atoms with Crippen molar-refractivity contribution >= 4 is 28.9 Å². The Bertz CT molecular complexity index is 894. The molecule has 24 heavy (non-hydrogen) atoms. The van der Waals surface area contributed by atoms with Crippen LogP contribution in [0.2, 0.25) is 5.02 Å². The molecular formula is C17H11ClN4O2. The quantitative estimate of drug-likeness (QED) is 0.450. The number of benzene rings is 2. The van der Waals surface area contributed by atoms with Crippen molar-refractivity contribution in [1.29, 1.82) is 10.5 Å². The molecule has 1 amide bonds. The Morgan fingerprint density at radius 1 is 1.17 bits per heavy atom. The summed E-state index contributed by atoms with van der Waals surface area (Å²) >= 11 is 5.82. The summed E-state index contributed by atoms with van der Waals surface area (Å²) in [6, 6.07) is 14.5. The highest BCUT2D eigenvalue weighted by atomic mass is 35.5. The van der Waals surface area contributed by atoms with E-state index in [0.29, 0.717) is 10.7 Å². The van der Waals surface area contributed by atoms with E-state index in [1.165, 1.54) is 18.2 Å². The van der Waals surface area contributed by atoms with E-state index < -0.39 is 5.91 Å². The Balaban J connectivity index is 2.19. The zero-order valence-electron chi connectivity index (χ0n) is 12.2. The highest BCUT2D eigenvalue weighted by Gasteiger charge is 2.12. The molecule has 0 aliphatic heterocycles. The van der Waals surface area contributed by atoms with E-state index in [1.807, 2.05) is 6.07 Å². The lowest BCUT2D eigenvalue weighted by Gasteiger charge is -2.07. The Hall–Kier alpha value is -3.48. The third kappa shape index (κ3) is 4.04. The van der Waals surface area contributed by atoms with E-state index >= 15 is 0 Å². The molecule has 0 aliphatic rings. The Morgan fingerprint density at radius 3 is 2.62 bits per heavy atom. The van der Waals surface area contributed by atoms with Gasteiger partial charge in [0.2, 0.25) is 0 Å². The van der Waals surface area contributed by atoms with Crippen LogP contribution in [-0.4, -0.2) is 11.0 Å². The lowest BCUT2D eigenvalue weighted by Crippen LogP contribution is -2.15. The summed E-state index contributed by atoms with van der Waals surface area (Å²) in [5.74, 6) is -0.766. The van der Waals surface area contributed by atoms with Gasteiger partial charge in [0.15, 0.2) is 0 Å². The molecular weight excluding hydrogens is 328 g/mol. The first-order valence-electron chi connectivity index (χ1n) is 6.71. The number of para-hydroxylation sites is 1. The van der Waals surface area contributed by atoms with Crippen LogP contribution in [0.1, 0.15) is 5.56 Å². The maximum Gasteiger partial charge on any atom is 0.267 e. The number of rotatable bonds is 4. The molecule has 118 valence electrons. The second kappa shape index (κ2) is 7.68. The predicted molar refractivity (Wildman–Crippen MR) is 90.2 cm³/mol. The molecule has 0 saturated heterocycles. The summed E-state index contributed by atoms with van der Waals surface area (Å²) in [5.41, 5.74) is 0.600. The average Bonchev–Trinajstić information content (AvgIpc) is 2.58. The zero-order valence-corrected chi connectivity index (χ0v) is 13.0. The number of amides is 1. The second-order valence-corrected chi connectivity index (χ2v) is 5.02. The van der Waals surface area contributed by atoms with Gasteiger partial charge in [-0.1, -0.05) is 23.7 Å². The van der Waals surface area contributed by atoms with Gasteiger partial charge in [-0.05, 0) is 30.3 Å². The van der Waals surface area contributed by atoms with E-state index in [0.717, 1.165) is 6.20 Å². The largest absolute Gasteiger partial charge is 0.506 e. The monoisotopic (exact) mass is 338 g/mol. The topological polar surface area (TPSA) is 109 Å². The van der Waals surface area contributed by atoms with E-state index in [9.17, 15) is 9.90 Å². The van der Waals surface area contributed by atoms with Gasteiger partial charge in [-0.15, -0.1) is 0 Å². The number of phenols is 1. The van der Waals surface area contributed by atoms with Gasteiger partial charge in [0.1, 0.15) is 23.5 Å². The lowest BCUT2D eigenvalue weighted by atomic mass is 10.2. The van der Waals surface area contributed by atoms with Gasteiger partial charge in [-0.2, -0.15) is 10.5 Å². The van der Waals surface area contributed by atoms with Gasteiger partial charge in [-0.3, -0.25) is 4.79 Å². The van der Waals surface area contributed by atoms with Gasteiger partial charge in [0.05, 0.1) is 16.9 Å². The van der Waals surface area contributed by atoms with E-state index in [2.05, 4.69) is 10.6 Å². The van der Waals surface area contributed by atoms with Crippen LogP contribution in [0.4, 0.5) is 11.4 Å². The first-order valence-corrected chi connectivity index (χ1v) is 7.08. The van der Waals surface area contributed by atoms with Crippen molar-refractivity contribution in [2.45, 2.75) is 0 Å². The highest BCUT2D eigenvalue weighted by molar-refractivity contribution is 6.30. The first kappa shape index (κ1) is 16.9. The number of hydrogen-bond donors (Lipinski definition) is 3. The molecule has 2 aromatic carbocycles. The summed E-state index contributed by atoms with van der Waals surface area (Å²) in [7, 11) is 0. The van der Waals surface area contributed by atoms with Gasteiger partial charge >= 0.3 is 0 Å². The molecule has 0 radical (unpaired) electrons. The molecule has 0 spiro atoms. The Kier molecular flexibility index (Phi) is 5.40. The minimum Gasteiger partial charge on any atom is -0.506 e. The number of nitriles is 2. The summed E-state index contributed by atoms with van der Waals surface area (Å²) in [6.45, 7) is 0. The fourth-order valence-corrected chi connectivity index (χ4v) is 1.97. The number of halogens is 1. The number of carbonyl (C=O) groups excluding carboxylic acids is 1. The normalized spacial score (nSPS) is 10.4. The van der Waals surface area contributed by atoms with Crippen molar-refractivity contribution in [3.63, 3.8) is 0 Å². The third-order valence-electron chi connectivity index (χ3n) is 2.99. The standard InChI is InChI=1S/C17H11ClN4O2/c18-13-5-6-16(23)15(7-13)21-10-12(9-20)17(24)22-14-4-2-1-3-11(14)8-19/h1-7,10,21,23H,(H,22,24)/b12-10-. The van der Waals surface area contributed by atoms with Crippen molar-refractivity contribution in [2.24, 2.45) is 0 Å². The van der Waals surface area contributed by atoms with Crippen LogP contribution in [0, 0.1) is 22.7 Å². The molecule has 0 saturated carbocycles. The molecule has 6 nitrogen and oxygen atoms in total. The number of hydrogen-bond acceptors (Lipinski definition) is 5. The molecule has 0 heterocycles. The number of carbonyl (C=O) groups is 1. The summed E-state index contributed by atoms with van der Waals surface area (Å²) < 4.78 is 0. The van der Waals surface area contributed by atoms with Crippen LogP contribution in [0.3, 0.4) is 0 Å². The molecule has 0 bridgehead atoms. The van der Waals surface area contributed by atoms with Crippen molar-refractivity contribution in [3.8, 4) is 17.9 Å². The second-order valence-electron chi connectivity index (χ2n) is 4.59. The van der Waals surface area contributed by atoms with E-state index in [4.69, 9.17) is 22.1 Å². The molecule has 0 unspecified atom stereocenters. The van der Waals surface area contributed by atoms with Gasteiger partial charge < -0.3 is 15.7 Å². The molecule has 3 N–H and O–H groups in total. The Morgan fingerprint density at radius 2 is 1.92 bits per heavy atom. The molecule has 7 heteroatoms. The average molecular weight is 339 g/mol. The number of phenolic OH excluding ortho intramolecular Hbond substituents is 1. The maximum atomic E-state index is 12.1. The van der Waals surface area contributed by atoms with Crippen molar-refractivity contribution in [3.05, 3.63) is 64.8 Å². The predicted octanol–water partition coefficient (Wildman–Crippen LogP) is 3.38. The minimum atomic E-state index is -0.686. The number of aromatic hydroxyl groups is 1. The number of anilines is 2. The smallest absolute Gasteiger partial charge is 0.267 e. The van der Waals surface area contributed by atoms with Crippen molar-refractivity contribution in [2.75, 3.05) is 10.6 Å². The number of nitrogens with one attached hydrogen (secondary N) is 2. The van der Waals surface area contributed by atoms with E-state index in [1.54, 1.807) is 30.3 Å². The molecule has 0 fully saturated rings. The molecule has 2 rings (SSSR count). The van der Waals surface area contributed by atoms with Crippen LogP contribution in [0.15, 0.2) is 54.2 Å². The van der Waals surface area contributed by atoms with Crippen LogP contribution in [-0.2, 0) is 4.79 Å². The third-order valence-corrected chi connectivity index (χ3v) is 3.23. The van der Waals surface area contributed by atoms with Crippen molar-refractivity contribution in [1.82, 2.24) is 0 Å². The van der Waals surface area contributed by atoms with Crippen LogP contribution >= 0.6 is 11.6 Å². The van der Waals surface area contributed by atoms with Gasteiger partial charge in [0, 0.05) is 11.2 Å². The van der Waals surface area contributed by atoms with Crippen LogP contribution in [0.25, 0.3) is 0 Å². The SMILES string of the molecule is N#C/C(=C/Nc1cc(Cl)ccc1O)C(=O)Nc1ccccc1C#N. The van der Waals surface area contributed by atoms with Crippen LogP contribution < -0.4 is 10.6 Å². The minimum absolute atomic E-state index is 0.0804. The van der Waals surface area contributed by atoms with E-state index in [-0.39, 0.29) is 22.6 Å². The summed E-state index contributed by atoms with van der Waals surface area (Å²) in [6.07, 6.45) is 1.15. The van der Waals surface area contributed by atoms with Gasteiger partial charge in [-0.25, -0.2) is 0 Å². The lowest BCUT2D eigenvalue weighted by molar-refractivity contribution is -0.112. The van der Waals surface area contributed by atoms with Crippen LogP contribution in [0.5, 0.6) is 5.75 Å². The first-order chi connectivity index (χ1) is 11.5. The summed E-state index contributed by atoms with van der Waals surface area (Å²) in [5, 5.41) is 33.4.